The molecule has 0 bridgehead atoms. The minimum atomic E-state index is -2.90. The molecule has 0 aliphatic heterocycles. The molecule has 0 aromatic carbocycles. The molecule has 0 aromatic rings. The summed E-state index contributed by atoms with van der Waals surface area (Å²) >= 11 is 0. The van der Waals surface area contributed by atoms with Gasteiger partial charge in [-0.3, -0.25) is 0 Å². The van der Waals surface area contributed by atoms with Gasteiger partial charge in [0.05, 0.1) is 0 Å². The summed E-state index contributed by atoms with van der Waals surface area (Å²) < 4.78 is 14.8. The minimum Gasteiger partial charge on any atom is -0.397 e. The molecule has 80 valence electrons. The SMILES string of the molecule is CC(C)(C)[Si](F)(CCO)C(C)(C)C. The molecule has 0 radical (unpaired) electrons. The van der Waals surface area contributed by atoms with Crippen LogP contribution >= 0.6 is 0 Å². The van der Waals surface area contributed by atoms with Gasteiger partial charge in [-0.25, -0.2) is 0 Å². The van der Waals surface area contributed by atoms with E-state index < -0.39 is 8.41 Å². The molecular formula is C10H23FOSi. The monoisotopic (exact) mass is 206 g/mol. The van der Waals surface area contributed by atoms with Gasteiger partial charge in [-0.15, -0.1) is 0 Å². The molecule has 13 heavy (non-hydrogen) atoms. The number of aliphatic hydroxyl groups is 1. The largest absolute Gasteiger partial charge is 0.397 e. The Morgan fingerprint density at radius 1 is 1.00 bits per heavy atom. The van der Waals surface area contributed by atoms with Gasteiger partial charge >= 0.3 is 0 Å². The maximum absolute atomic E-state index is 14.8. The first kappa shape index (κ1) is 13.1. The van der Waals surface area contributed by atoms with Crippen LogP contribution in [0.1, 0.15) is 41.5 Å². The highest BCUT2D eigenvalue weighted by molar-refractivity contribution is 6.78. The van der Waals surface area contributed by atoms with E-state index in [0.717, 1.165) is 0 Å². The van der Waals surface area contributed by atoms with Gasteiger partial charge < -0.3 is 9.21 Å². The average Bonchev–Trinajstić information content (AvgIpc) is 1.82. The lowest BCUT2D eigenvalue weighted by atomic mass is 10.2. The van der Waals surface area contributed by atoms with Crippen molar-refractivity contribution in [3.05, 3.63) is 0 Å². The molecule has 0 saturated heterocycles. The van der Waals surface area contributed by atoms with Crippen molar-refractivity contribution in [1.82, 2.24) is 0 Å². The minimum absolute atomic E-state index is 0.0305. The van der Waals surface area contributed by atoms with Gasteiger partial charge in [-0.1, -0.05) is 41.5 Å². The smallest absolute Gasteiger partial charge is 0.259 e. The first-order valence-corrected chi connectivity index (χ1v) is 6.94. The third kappa shape index (κ3) is 2.53. The van der Waals surface area contributed by atoms with Gasteiger partial charge in [-0.2, -0.15) is 0 Å². The second kappa shape index (κ2) is 3.69. The van der Waals surface area contributed by atoms with Crippen molar-refractivity contribution < 1.29 is 9.21 Å². The Morgan fingerprint density at radius 2 is 1.31 bits per heavy atom. The van der Waals surface area contributed by atoms with Crippen molar-refractivity contribution in [1.29, 1.82) is 0 Å². The second-order valence-corrected chi connectivity index (χ2v) is 10.9. The molecule has 0 aromatic heterocycles. The van der Waals surface area contributed by atoms with Crippen LogP contribution < -0.4 is 0 Å². The fraction of sp³-hybridized carbons (Fsp3) is 1.00. The molecule has 0 aliphatic rings. The van der Waals surface area contributed by atoms with Crippen molar-refractivity contribution >= 4 is 8.41 Å². The molecule has 0 saturated carbocycles. The van der Waals surface area contributed by atoms with Crippen LogP contribution in [0.25, 0.3) is 0 Å². The summed E-state index contributed by atoms with van der Waals surface area (Å²) in [4.78, 5) is 0. The Hall–Kier alpha value is 0.107. The molecule has 0 fully saturated rings. The van der Waals surface area contributed by atoms with Gasteiger partial charge in [0.2, 0.25) is 0 Å². The van der Waals surface area contributed by atoms with Crippen molar-refractivity contribution in [2.24, 2.45) is 0 Å². The third-order valence-corrected chi connectivity index (χ3v) is 8.50. The Kier molecular flexibility index (Phi) is 3.72. The summed E-state index contributed by atoms with van der Waals surface area (Å²) in [6.45, 7) is 11.6. The van der Waals surface area contributed by atoms with Crippen LogP contribution in [0.2, 0.25) is 16.1 Å². The molecule has 0 heterocycles. The lowest BCUT2D eigenvalue weighted by molar-refractivity contribution is 0.307. The molecule has 0 spiro atoms. The zero-order chi connectivity index (χ0) is 10.9. The number of halogens is 1. The van der Waals surface area contributed by atoms with Crippen LogP contribution in [-0.4, -0.2) is 20.1 Å². The summed E-state index contributed by atoms with van der Waals surface area (Å²) in [6, 6.07) is 0.347. The number of hydrogen-bond acceptors (Lipinski definition) is 1. The normalized spacial score (nSPS) is 14.8. The van der Waals surface area contributed by atoms with Crippen LogP contribution in [-0.2, 0) is 0 Å². The van der Waals surface area contributed by atoms with Crippen LogP contribution in [0.3, 0.4) is 0 Å². The maximum Gasteiger partial charge on any atom is 0.259 e. The van der Waals surface area contributed by atoms with Gasteiger partial charge in [0.15, 0.2) is 0 Å². The predicted octanol–water partition coefficient (Wildman–Crippen LogP) is 3.49. The van der Waals surface area contributed by atoms with E-state index in [2.05, 4.69) is 0 Å². The maximum atomic E-state index is 14.8. The van der Waals surface area contributed by atoms with E-state index in [0.29, 0.717) is 6.04 Å². The summed E-state index contributed by atoms with van der Waals surface area (Å²) in [5, 5.41) is 8.33. The highest BCUT2D eigenvalue weighted by atomic mass is 28.4. The zero-order valence-corrected chi connectivity index (χ0v) is 10.7. The molecule has 0 amide bonds. The lowest BCUT2D eigenvalue weighted by Crippen LogP contribution is -2.48. The van der Waals surface area contributed by atoms with E-state index in [1.807, 2.05) is 41.5 Å². The van der Waals surface area contributed by atoms with Crippen molar-refractivity contribution in [2.75, 3.05) is 6.61 Å². The van der Waals surface area contributed by atoms with Gasteiger partial charge in [0.1, 0.15) is 0 Å². The fourth-order valence-corrected chi connectivity index (χ4v) is 6.09. The van der Waals surface area contributed by atoms with Crippen LogP contribution in [0, 0.1) is 0 Å². The summed E-state index contributed by atoms with van der Waals surface area (Å²) in [6.07, 6.45) is 0. The lowest BCUT2D eigenvalue weighted by Gasteiger charge is -2.44. The topological polar surface area (TPSA) is 20.2 Å². The molecule has 0 unspecified atom stereocenters. The molecule has 0 rings (SSSR count). The van der Waals surface area contributed by atoms with Crippen molar-refractivity contribution in [2.45, 2.75) is 57.7 Å². The molecule has 1 N–H and O–H groups in total. The van der Waals surface area contributed by atoms with Gasteiger partial charge in [0, 0.05) is 6.61 Å². The first-order valence-electron chi connectivity index (χ1n) is 4.86. The van der Waals surface area contributed by atoms with E-state index in [-0.39, 0.29) is 16.7 Å². The van der Waals surface area contributed by atoms with Crippen LogP contribution in [0.15, 0.2) is 0 Å². The molecule has 0 aliphatic carbocycles. The van der Waals surface area contributed by atoms with Crippen LogP contribution in [0.4, 0.5) is 4.11 Å². The zero-order valence-electron chi connectivity index (χ0n) is 9.74. The van der Waals surface area contributed by atoms with Gasteiger partial charge in [0.25, 0.3) is 8.41 Å². The molecular weight excluding hydrogens is 183 g/mol. The van der Waals surface area contributed by atoms with Gasteiger partial charge in [-0.05, 0) is 16.1 Å². The quantitative estimate of drug-likeness (QED) is 0.541. The van der Waals surface area contributed by atoms with E-state index in [4.69, 9.17) is 5.11 Å². The summed E-state index contributed by atoms with van der Waals surface area (Å²) in [7, 11) is -2.90. The van der Waals surface area contributed by atoms with Crippen molar-refractivity contribution in [3.63, 3.8) is 0 Å². The first-order chi connectivity index (χ1) is 5.56. The van der Waals surface area contributed by atoms with E-state index in [9.17, 15) is 4.11 Å². The number of hydrogen-bond donors (Lipinski definition) is 1. The predicted molar refractivity (Wildman–Crippen MR) is 58.2 cm³/mol. The van der Waals surface area contributed by atoms with E-state index in [1.165, 1.54) is 0 Å². The summed E-state index contributed by atoms with van der Waals surface area (Å²) in [5.41, 5.74) is 0. The Balaban J connectivity index is 4.96. The molecule has 0 atom stereocenters. The molecule has 1 nitrogen and oxygen atoms in total. The Morgan fingerprint density at radius 3 is 1.38 bits per heavy atom. The van der Waals surface area contributed by atoms with Crippen molar-refractivity contribution in [3.8, 4) is 0 Å². The van der Waals surface area contributed by atoms with E-state index >= 15 is 0 Å². The number of rotatable bonds is 2. The molecule has 3 heteroatoms. The van der Waals surface area contributed by atoms with E-state index in [1.54, 1.807) is 0 Å². The Labute approximate surface area is 82.5 Å². The fourth-order valence-electron chi connectivity index (χ4n) is 2.03. The average molecular weight is 206 g/mol. The second-order valence-electron chi connectivity index (χ2n) is 5.77. The highest BCUT2D eigenvalue weighted by Crippen LogP contribution is 2.53. The third-order valence-electron chi connectivity index (χ3n) is 2.83. The Bertz CT molecular complexity index is 153. The standard InChI is InChI=1S/C10H23FOSi/c1-9(2,3)13(11,8-7-12)10(4,5)6/h12H,7-8H2,1-6H3. The summed E-state index contributed by atoms with van der Waals surface area (Å²) in [5.74, 6) is 0. The highest BCUT2D eigenvalue weighted by Gasteiger charge is 2.54. The van der Waals surface area contributed by atoms with Crippen LogP contribution in [0.5, 0.6) is 0 Å². The number of aliphatic hydroxyl groups excluding tert-OH is 1.